The summed E-state index contributed by atoms with van der Waals surface area (Å²) in [6.07, 6.45) is 0. The molecule has 4 nitrogen and oxygen atoms in total. The van der Waals surface area contributed by atoms with E-state index in [-0.39, 0.29) is 0 Å². The summed E-state index contributed by atoms with van der Waals surface area (Å²) < 4.78 is 24.7. The van der Waals surface area contributed by atoms with E-state index in [1.807, 2.05) is 12.1 Å². The summed E-state index contributed by atoms with van der Waals surface area (Å²) in [6.45, 7) is 1.98. The van der Waals surface area contributed by atoms with E-state index < -0.39 is 0 Å². The van der Waals surface area contributed by atoms with Crippen LogP contribution in [0, 0.1) is 0 Å². The van der Waals surface area contributed by atoms with Gasteiger partial charge in [-0.15, -0.1) is 0 Å². The Balaban J connectivity index is 1.61. The van der Waals surface area contributed by atoms with Crippen molar-refractivity contribution in [2.75, 3.05) is 40.6 Å². The number of methoxy groups -OCH3 is 2. The van der Waals surface area contributed by atoms with E-state index in [0.717, 1.165) is 42.7 Å². The second kappa shape index (κ2) is 13.4. The zero-order valence-electron chi connectivity index (χ0n) is 25.6. The highest BCUT2D eigenvalue weighted by molar-refractivity contribution is 9.10. The third-order valence-electron chi connectivity index (χ3n) is 8.28. The zero-order chi connectivity index (χ0) is 31.6. The summed E-state index contributed by atoms with van der Waals surface area (Å²) >= 11 is 7.56. The van der Waals surface area contributed by atoms with Gasteiger partial charge in [0.15, 0.2) is 0 Å². The van der Waals surface area contributed by atoms with Crippen molar-refractivity contribution in [2.45, 2.75) is 0 Å². The van der Waals surface area contributed by atoms with Gasteiger partial charge in [0, 0.05) is 23.2 Å². The van der Waals surface area contributed by atoms with Crippen LogP contribution >= 0.6 is 31.9 Å². The summed E-state index contributed by atoms with van der Waals surface area (Å²) in [6, 6.07) is 39.1. The number of ether oxygens (including phenoxy) is 4. The molecule has 0 bridgehead atoms. The van der Waals surface area contributed by atoms with Gasteiger partial charge in [0.1, 0.15) is 24.7 Å². The quantitative estimate of drug-likeness (QED) is 0.104. The molecule has 7 aromatic carbocycles. The van der Waals surface area contributed by atoms with Gasteiger partial charge < -0.3 is 18.9 Å². The van der Waals surface area contributed by atoms with Gasteiger partial charge in [-0.2, -0.15) is 0 Å². The minimum absolute atomic E-state index is 0.472. The summed E-state index contributed by atoms with van der Waals surface area (Å²) in [5.74, 6) is 1.58. The molecule has 0 fully saturated rings. The molecule has 0 aliphatic rings. The van der Waals surface area contributed by atoms with Crippen LogP contribution in [-0.2, 0) is 9.47 Å². The van der Waals surface area contributed by atoms with Crippen molar-refractivity contribution in [1.29, 1.82) is 0 Å². The molecule has 0 unspecified atom stereocenters. The first kappa shape index (κ1) is 30.7. The van der Waals surface area contributed by atoms with Crippen LogP contribution in [-0.4, -0.2) is 40.6 Å². The molecular weight excluding hydrogens is 704 g/mol. The molecule has 0 saturated carbocycles. The van der Waals surface area contributed by atoms with Gasteiger partial charge >= 0.3 is 0 Å². The number of benzene rings is 7. The summed E-state index contributed by atoms with van der Waals surface area (Å²) in [5, 5.41) is 9.41. The lowest BCUT2D eigenvalue weighted by molar-refractivity contribution is 0.146. The molecule has 0 spiro atoms. The molecule has 0 aliphatic heterocycles. The Morgan fingerprint density at radius 2 is 0.783 bits per heavy atom. The van der Waals surface area contributed by atoms with Crippen LogP contribution < -0.4 is 9.47 Å². The number of halogens is 2. The summed E-state index contributed by atoms with van der Waals surface area (Å²) in [5.41, 5.74) is 4.47. The lowest BCUT2D eigenvalue weighted by atomic mass is 9.84. The Kier molecular flexibility index (Phi) is 8.96. The molecule has 0 aliphatic carbocycles. The lowest BCUT2D eigenvalue weighted by Gasteiger charge is -2.20. The third kappa shape index (κ3) is 6.10. The molecule has 0 heterocycles. The highest BCUT2D eigenvalue weighted by Crippen LogP contribution is 2.48. The van der Waals surface area contributed by atoms with Gasteiger partial charge in [-0.1, -0.05) is 80.4 Å². The van der Waals surface area contributed by atoms with Crippen LogP contribution in [0.4, 0.5) is 0 Å². The predicted octanol–water partition coefficient (Wildman–Crippen LogP) is 11.2. The van der Waals surface area contributed by atoms with E-state index in [4.69, 9.17) is 18.9 Å². The molecule has 7 rings (SSSR count). The Labute approximate surface area is 285 Å². The standard InChI is InChI=1S/C40H32Br2O4/c1-43-11-13-45-33-17-29(15-31(41)23-33)39-35-19-25-7-3-5-9-27(25)21-37(35)40(30-16-32(42)24-34(18-30)46-14-12-44-2)38-22-28-10-6-4-8-26(28)20-36(38)39/h3-10,15-24H,11-14H2,1-2H3. The van der Waals surface area contributed by atoms with Crippen LogP contribution in [0.1, 0.15) is 0 Å². The van der Waals surface area contributed by atoms with Gasteiger partial charge in [-0.25, -0.2) is 0 Å². The fraction of sp³-hybridized carbons (Fsp3) is 0.150. The SMILES string of the molecule is COCCOc1cc(Br)cc(-c2c3cc4ccccc4cc3c(-c3cc(Br)cc(OCCOC)c3)c3cc4ccccc4cc23)c1. The van der Waals surface area contributed by atoms with E-state index in [2.05, 4.69) is 129 Å². The molecule has 0 N–H and O–H groups in total. The van der Waals surface area contributed by atoms with Crippen molar-refractivity contribution in [3.05, 3.63) is 118 Å². The highest BCUT2D eigenvalue weighted by Gasteiger charge is 2.20. The molecule has 0 saturated heterocycles. The molecular formula is C40H32Br2O4. The first-order chi connectivity index (χ1) is 22.5. The van der Waals surface area contributed by atoms with Gasteiger partial charge in [0.25, 0.3) is 0 Å². The Hall–Kier alpha value is -3.94. The molecule has 0 amide bonds. The Morgan fingerprint density at radius 1 is 0.435 bits per heavy atom. The Bertz CT molecular complexity index is 1970. The second-order valence-electron chi connectivity index (χ2n) is 11.3. The minimum Gasteiger partial charge on any atom is -0.491 e. The first-order valence-corrected chi connectivity index (χ1v) is 16.8. The van der Waals surface area contributed by atoms with Gasteiger partial charge in [-0.05, 0) is 126 Å². The fourth-order valence-corrected chi connectivity index (χ4v) is 7.23. The first-order valence-electron chi connectivity index (χ1n) is 15.2. The van der Waals surface area contributed by atoms with Crippen LogP contribution in [0.25, 0.3) is 65.3 Å². The molecule has 0 aromatic heterocycles. The maximum Gasteiger partial charge on any atom is 0.121 e. The van der Waals surface area contributed by atoms with E-state index in [1.165, 1.54) is 43.1 Å². The minimum atomic E-state index is 0.472. The Morgan fingerprint density at radius 3 is 1.11 bits per heavy atom. The largest absolute Gasteiger partial charge is 0.491 e. The van der Waals surface area contributed by atoms with E-state index in [9.17, 15) is 0 Å². The molecule has 0 atom stereocenters. The van der Waals surface area contributed by atoms with Crippen LogP contribution in [0.15, 0.2) is 118 Å². The van der Waals surface area contributed by atoms with Crippen molar-refractivity contribution in [3.8, 4) is 33.8 Å². The number of hydrogen-bond donors (Lipinski definition) is 0. The van der Waals surface area contributed by atoms with Crippen LogP contribution in [0.3, 0.4) is 0 Å². The topological polar surface area (TPSA) is 36.9 Å². The van der Waals surface area contributed by atoms with Gasteiger partial charge in [0.05, 0.1) is 13.2 Å². The molecule has 7 aromatic rings. The average Bonchev–Trinajstić information content (AvgIpc) is 3.05. The second-order valence-corrected chi connectivity index (χ2v) is 13.1. The van der Waals surface area contributed by atoms with Crippen molar-refractivity contribution in [1.82, 2.24) is 0 Å². The molecule has 0 radical (unpaired) electrons. The van der Waals surface area contributed by atoms with Crippen molar-refractivity contribution < 1.29 is 18.9 Å². The smallest absolute Gasteiger partial charge is 0.121 e. The molecule has 230 valence electrons. The number of hydrogen-bond acceptors (Lipinski definition) is 4. The van der Waals surface area contributed by atoms with Crippen molar-refractivity contribution in [3.63, 3.8) is 0 Å². The molecule has 46 heavy (non-hydrogen) atoms. The fourth-order valence-electron chi connectivity index (χ4n) is 6.29. The van der Waals surface area contributed by atoms with Crippen LogP contribution in [0.2, 0.25) is 0 Å². The van der Waals surface area contributed by atoms with E-state index in [1.54, 1.807) is 14.2 Å². The molecule has 6 heteroatoms. The number of rotatable bonds is 10. The summed E-state index contributed by atoms with van der Waals surface area (Å²) in [7, 11) is 3.37. The van der Waals surface area contributed by atoms with Crippen molar-refractivity contribution >= 4 is 74.9 Å². The third-order valence-corrected chi connectivity index (χ3v) is 9.20. The normalized spacial score (nSPS) is 11.6. The van der Waals surface area contributed by atoms with E-state index >= 15 is 0 Å². The van der Waals surface area contributed by atoms with Crippen LogP contribution in [0.5, 0.6) is 11.5 Å². The maximum absolute atomic E-state index is 6.13. The lowest BCUT2D eigenvalue weighted by Crippen LogP contribution is -2.04. The average molecular weight is 736 g/mol. The predicted molar refractivity (Wildman–Crippen MR) is 197 cm³/mol. The van der Waals surface area contributed by atoms with Gasteiger partial charge in [-0.3, -0.25) is 0 Å². The van der Waals surface area contributed by atoms with Gasteiger partial charge in [0.2, 0.25) is 0 Å². The number of fused-ring (bicyclic) bond motifs is 4. The van der Waals surface area contributed by atoms with E-state index in [0.29, 0.717) is 26.4 Å². The maximum atomic E-state index is 6.13. The highest BCUT2D eigenvalue weighted by atomic mass is 79.9. The zero-order valence-corrected chi connectivity index (χ0v) is 28.8. The monoisotopic (exact) mass is 734 g/mol. The summed E-state index contributed by atoms with van der Waals surface area (Å²) in [4.78, 5) is 0. The van der Waals surface area contributed by atoms with Crippen molar-refractivity contribution in [2.24, 2.45) is 0 Å².